The lowest BCUT2D eigenvalue weighted by Crippen LogP contribution is -2.46. The number of nitrogens with one attached hydrogen (secondary N) is 1. The van der Waals surface area contributed by atoms with Crippen LogP contribution in [-0.4, -0.2) is 29.9 Å². The van der Waals surface area contributed by atoms with Crippen LogP contribution in [0.3, 0.4) is 0 Å². The van der Waals surface area contributed by atoms with Crippen molar-refractivity contribution < 1.29 is 14.3 Å². The Kier molecular flexibility index (Phi) is 6.04. The summed E-state index contributed by atoms with van der Waals surface area (Å²) in [5.41, 5.74) is 2.24. The van der Waals surface area contributed by atoms with Crippen molar-refractivity contribution in [3.63, 3.8) is 0 Å². The first-order valence-electron chi connectivity index (χ1n) is 10.5. The van der Waals surface area contributed by atoms with Crippen molar-refractivity contribution in [2.75, 3.05) is 13.2 Å². The molecule has 154 valence electrons. The van der Waals surface area contributed by atoms with Gasteiger partial charge in [0.05, 0.1) is 31.3 Å². The molecule has 2 N–H and O–H groups in total. The average molecular weight is 394 g/mol. The van der Waals surface area contributed by atoms with E-state index in [-0.39, 0.29) is 11.6 Å². The molecule has 29 heavy (non-hydrogen) atoms. The third kappa shape index (κ3) is 5.47. The van der Waals surface area contributed by atoms with E-state index < -0.39 is 6.10 Å². The molecule has 0 saturated heterocycles. The molecule has 2 unspecified atom stereocenters. The van der Waals surface area contributed by atoms with Crippen LogP contribution in [-0.2, 0) is 11.2 Å². The van der Waals surface area contributed by atoms with Crippen LogP contribution in [0.1, 0.15) is 43.9 Å². The Labute approximate surface area is 172 Å². The number of aliphatic hydroxyl groups excluding tert-OH is 1. The van der Waals surface area contributed by atoms with E-state index in [4.69, 9.17) is 9.15 Å². The van der Waals surface area contributed by atoms with Gasteiger partial charge in [0.2, 0.25) is 0 Å². The molecule has 1 aromatic heterocycles. The van der Waals surface area contributed by atoms with Crippen LogP contribution < -0.4 is 5.32 Å². The summed E-state index contributed by atoms with van der Waals surface area (Å²) in [6.07, 6.45) is 6.19. The van der Waals surface area contributed by atoms with Gasteiger partial charge in [0, 0.05) is 17.6 Å². The lowest BCUT2D eigenvalue weighted by molar-refractivity contribution is -0.0213. The third-order valence-electron chi connectivity index (χ3n) is 5.67. The van der Waals surface area contributed by atoms with Gasteiger partial charge < -0.3 is 19.6 Å². The Balaban J connectivity index is 1.27. The maximum atomic E-state index is 10.5. The molecule has 1 aliphatic rings. The van der Waals surface area contributed by atoms with Gasteiger partial charge in [0.15, 0.2) is 0 Å². The summed E-state index contributed by atoms with van der Waals surface area (Å²) in [7, 11) is 0. The highest BCUT2D eigenvalue weighted by atomic mass is 16.5. The van der Waals surface area contributed by atoms with Gasteiger partial charge in [-0.05, 0) is 61.4 Å². The molecule has 3 aromatic rings. The van der Waals surface area contributed by atoms with Crippen molar-refractivity contribution in [2.24, 2.45) is 5.92 Å². The molecule has 1 fully saturated rings. The molecule has 2 aromatic carbocycles. The summed E-state index contributed by atoms with van der Waals surface area (Å²) in [5, 5.41) is 16.5. The largest absolute Gasteiger partial charge is 0.472 e. The maximum absolute atomic E-state index is 10.5. The summed E-state index contributed by atoms with van der Waals surface area (Å²) >= 11 is 0. The zero-order valence-electron chi connectivity index (χ0n) is 17.3. The fourth-order valence-electron chi connectivity index (χ4n) is 3.93. The lowest BCUT2D eigenvalue weighted by atomic mass is 9.93. The number of ether oxygens (including phenoxy) is 1. The first kappa shape index (κ1) is 20.1. The van der Waals surface area contributed by atoms with Crippen molar-refractivity contribution >= 4 is 10.8 Å². The Hall–Kier alpha value is -2.14. The van der Waals surface area contributed by atoms with Gasteiger partial charge in [-0.25, -0.2) is 0 Å². The van der Waals surface area contributed by atoms with E-state index in [0.29, 0.717) is 19.1 Å². The molecule has 0 aliphatic heterocycles. The standard InChI is InChI=1S/C25H31NO3/c1-25(2,14-18-7-8-19-5-3-4-6-21(19)13-18)26-15-23(27)17-29-24(20-9-10-20)22-11-12-28-16-22/h3-8,11-13,16,20,23-24,26-27H,9-10,14-15,17H2,1-2H3. The predicted molar refractivity (Wildman–Crippen MR) is 116 cm³/mol. The van der Waals surface area contributed by atoms with Crippen molar-refractivity contribution in [2.45, 2.75) is 50.9 Å². The van der Waals surface area contributed by atoms with Crippen LogP contribution in [0.5, 0.6) is 0 Å². The summed E-state index contributed by atoms with van der Waals surface area (Å²) in [5.74, 6) is 0.553. The minimum absolute atomic E-state index is 0.0361. The van der Waals surface area contributed by atoms with Crippen LogP contribution in [0.4, 0.5) is 0 Å². The topological polar surface area (TPSA) is 54.6 Å². The minimum atomic E-state index is -0.543. The quantitative estimate of drug-likeness (QED) is 0.516. The number of furan rings is 1. The van der Waals surface area contributed by atoms with E-state index in [9.17, 15) is 5.11 Å². The minimum Gasteiger partial charge on any atom is -0.472 e. The molecule has 1 saturated carbocycles. The summed E-state index contributed by atoms with van der Waals surface area (Å²) in [6.45, 7) is 5.18. The third-order valence-corrected chi connectivity index (χ3v) is 5.67. The van der Waals surface area contributed by atoms with Crippen molar-refractivity contribution in [3.8, 4) is 0 Å². The zero-order valence-corrected chi connectivity index (χ0v) is 17.3. The Morgan fingerprint density at radius 2 is 1.93 bits per heavy atom. The van der Waals surface area contributed by atoms with Crippen molar-refractivity contribution in [3.05, 3.63) is 72.2 Å². The molecule has 2 atom stereocenters. The van der Waals surface area contributed by atoms with Crippen LogP contribution in [0.25, 0.3) is 10.8 Å². The van der Waals surface area contributed by atoms with E-state index in [1.165, 1.54) is 29.2 Å². The van der Waals surface area contributed by atoms with Gasteiger partial charge in [0.25, 0.3) is 0 Å². The highest BCUT2D eigenvalue weighted by Gasteiger charge is 2.34. The maximum Gasteiger partial charge on any atom is 0.0960 e. The lowest BCUT2D eigenvalue weighted by Gasteiger charge is -2.28. The summed E-state index contributed by atoms with van der Waals surface area (Å²) in [4.78, 5) is 0. The molecule has 4 nitrogen and oxygen atoms in total. The van der Waals surface area contributed by atoms with Gasteiger partial charge in [-0.1, -0.05) is 42.5 Å². The van der Waals surface area contributed by atoms with Gasteiger partial charge in [-0.2, -0.15) is 0 Å². The number of hydrogen-bond donors (Lipinski definition) is 2. The number of rotatable bonds is 10. The van der Waals surface area contributed by atoms with Gasteiger partial charge in [0.1, 0.15) is 0 Å². The van der Waals surface area contributed by atoms with Crippen LogP contribution >= 0.6 is 0 Å². The van der Waals surface area contributed by atoms with Gasteiger partial charge in [-0.15, -0.1) is 0 Å². The molecular formula is C25H31NO3. The van der Waals surface area contributed by atoms with Gasteiger partial charge in [-0.3, -0.25) is 0 Å². The van der Waals surface area contributed by atoms with Crippen molar-refractivity contribution in [1.82, 2.24) is 5.32 Å². The van der Waals surface area contributed by atoms with E-state index >= 15 is 0 Å². The molecule has 0 amide bonds. The summed E-state index contributed by atoms with van der Waals surface area (Å²) < 4.78 is 11.3. The number of hydrogen-bond acceptors (Lipinski definition) is 4. The number of aliphatic hydroxyl groups is 1. The fourth-order valence-corrected chi connectivity index (χ4v) is 3.93. The average Bonchev–Trinajstić information content (AvgIpc) is 3.40. The molecular weight excluding hydrogens is 362 g/mol. The molecule has 1 aliphatic carbocycles. The number of benzene rings is 2. The normalized spacial score (nSPS) is 16.8. The fraction of sp³-hybridized carbons (Fsp3) is 0.440. The van der Waals surface area contributed by atoms with E-state index in [1.807, 2.05) is 6.07 Å². The molecule has 4 rings (SSSR count). The highest BCUT2D eigenvalue weighted by molar-refractivity contribution is 5.83. The second kappa shape index (κ2) is 8.70. The molecule has 0 spiro atoms. The van der Waals surface area contributed by atoms with Gasteiger partial charge >= 0.3 is 0 Å². The van der Waals surface area contributed by atoms with E-state index in [1.54, 1.807) is 12.5 Å². The molecule has 4 heteroatoms. The Bertz CT molecular complexity index is 915. The van der Waals surface area contributed by atoms with Crippen molar-refractivity contribution in [1.29, 1.82) is 0 Å². The molecule has 0 radical (unpaired) electrons. The Morgan fingerprint density at radius 3 is 2.66 bits per heavy atom. The first-order valence-corrected chi connectivity index (χ1v) is 10.5. The number of fused-ring (bicyclic) bond motifs is 1. The van der Waals surface area contributed by atoms with Crippen LogP contribution in [0.2, 0.25) is 0 Å². The molecule has 0 bridgehead atoms. The zero-order chi connectivity index (χ0) is 20.3. The predicted octanol–water partition coefficient (Wildman–Crippen LogP) is 4.87. The van der Waals surface area contributed by atoms with E-state index in [0.717, 1.165) is 12.0 Å². The molecule has 1 heterocycles. The van der Waals surface area contributed by atoms with Crippen LogP contribution in [0.15, 0.2) is 65.5 Å². The Morgan fingerprint density at radius 1 is 1.14 bits per heavy atom. The monoisotopic (exact) mass is 393 g/mol. The highest BCUT2D eigenvalue weighted by Crippen LogP contribution is 2.43. The smallest absolute Gasteiger partial charge is 0.0960 e. The second-order valence-electron chi connectivity index (χ2n) is 8.92. The first-order chi connectivity index (χ1) is 14.0. The number of β-amino-alcohol motifs (C(OH)–C–C–N with tert-alkyl or cyclic N) is 1. The SMILES string of the molecule is CC(C)(Cc1ccc2ccccc2c1)NCC(O)COC(c1ccoc1)C1CC1. The van der Waals surface area contributed by atoms with Crippen LogP contribution in [0, 0.1) is 5.92 Å². The van der Waals surface area contributed by atoms with E-state index in [2.05, 4.69) is 61.6 Å². The summed E-state index contributed by atoms with van der Waals surface area (Å²) in [6, 6.07) is 17.0. The second-order valence-corrected chi connectivity index (χ2v) is 8.92.